The van der Waals surface area contributed by atoms with Crippen LogP contribution in [0.4, 0.5) is 18.9 Å². The Morgan fingerprint density at radius 3 is 2.39 bits per heavy atom. The molecule has 1 heterocycles. The third-order valence-corrected chi connectivity index (χ3v) is 3.64. The SMILES string of the molecule is CC1(C)C(O)CCN1c1ccccc1C(F)(F)F. The standard InChI is InChI=1S/C13H16F3NO/c1-12(2)11(18)7-8-17(12)10-6-4-3-5-9(10)13(14,15)16/h3-6,11,18H,7-8H2,1-2H3. The number of hydrogen-bond acceptors (Lipinski definition) is 2. The summed E-state index contributed by atoms with van der Waals surface area (Å²) in [5, 5.41) is 9.86. The molecule has 1 N–H and O–H groups in total. The lowest BCUT2D eigenvalue weighted by Crippen LogP contribution is -2.45. The highest BCUT2D eigenvalue weighted by molar-refractivity contribution is 5.58. The fraction of sp³-hybridized carbons (Fsp3) is 0.538. The number of para-hydroxylation sites is 1. The minimum Gasteiger partial charge on any atom is -0.391 e. The van der Waals surface area contributed by atoms with Crippen LogP contribution in [-0.2, 0) is 6.18 Å². The van der Waals surface area contributed by atoms with Crippen molar-refractivity contribution in [2.24, 2.45) is 0 Å². The molecule has 100 valence electrons. The molecule has 18 heavy (non-hydrogen) atoms. The van der Waals surface area contributed by atoms with Crippen LogP contribution in [0.15, 0.2) is 24.3 Å². The van der Waals surface area contributed by atoms with Gasteiger partial charge in [0.25, 0.3) is 0 Å². The van der Waals surface area contributed by atoms with E-state index in [0.29, 0.717) is 13.0 Å². The molecule has 0 aliphatic carbocycles. The number of alkyl halides is 3. The molecule has 1 fully saturated rings. The Hall–Kier alpha value is -1.23. The predicted octanol–water partition coefficient (Wildman–Crippen LogP) is 3.06. The first-order valence-corrected chi connectivity index (χ1v) is 5.86. The van der Waals surface area contributed by atoms with E-state index in [1.54, 1.807) is 24.8 Å². The van der Waals surface area contributed by atoms with Crippen LogP contribution in [0.1, 0.15) is 25.8 Å². The van der Waals surface area contributed by atoms with Gasteiger partial charge in [-0.15, -0.1) is 0 Å². The zero-order chi connectivity index (χ0) is 13.6. The number of benzene rings is 1. The van der Waals surface area contributed by atoms with Gasteiger partial charge in [0, 0.05) is 12.2 Å². The Kier molecular flexibility index (Phi) is 3.05. The number of hydrogen-bond donors (Lipinski definition) is 1. The lowest BCUT2D eigenvalue weighted by atomic mass is 9.97. The smallest absolute Gasteiger partial charge is 0.391 e. The second-order valence-electron chi connectivity index (χ2n) is 5.12. The van der Waals surface area contributed by atoms with Crippen LogP contribution in [0.25, 0.3) is 0 Å². The van der Waals surface area contributed by atoms with Gasteiger partial charge in [0.1, 0.15) is 0 Å². The van der Waals surface area contributed by atoms with Crippen LogP contribution in [-0.4, -0.2) is 23.3 Å². The fourth-order valence-electron chi connectivity index (χ4n) is 2.45. The number of anilines is 1. The van der Waals surface area contributed by atoms with E-state index in [-0.39, 0.29) is 5.69 Å². The highest BCUT2D eigenvalue weighted by Gasteiger charge is 2.44. The molecule has 2 rings (SSSR count). The molecule has 0 radical (unpaired) electrons. The molecular formula is C13H16F3NO. The number of aliphatic hydroxyl groups is 1. The molecule has 1 unspecified atom stereocenters. The van der Waals surface area contributed by atoms with Crippen molar-refractivity contribution >= 4 is 5.69 Å². The molecular weight excluding hydrogens is 243 g/mol. The minimum absolute atomic E-state index is 0.145. The first-order chi connectivity index (χ1) is 8.24. The van der Waals surface area contributed by atoms with E-state index in [9.17, 15) is 18.3 Å². The van der Waals surface area contributed by atoms with Crippen molar-refractivity contribution in [2.75, 3.05) is 11.4 Å². The molecule has 0 bridgehead atoms. The topological polar surface area (TPSA) is 23.5 Å². The third kappa shape index (κ3) is 2.07. The summed E-state index contributed by atoms with van der Waals surface area (Å²) >= 11 is 0. The Labute approximate surface area is 104 Å². The summed E-state index contributed by atoms with van der Waals surface area (Å²) in [6, 6.07) is 5.51. The summed E-state index contributed by atoms with van der Waals surface area (Å²) < 4.78 is 38.9. The molecule has 1 aliphatic rings. The summed E-state index contributed by atoms with van der Waals surface area (Å²) in [6.07, 6.45) is -4.50. The number of rotatable bonds is 1. The van der Waals surface area contributed by atoms with E-state index in [1.165, 1.54) is 12.1 Å². The van der Waals surface area contributed by atoms with Gasteiger partial charge < -0.3 is 10.0 Å². The molecule has 2 nitrogen and oxygen atoms in total. The van der Waals surface area contributed by atoms with Crippen molar-refractivity contribution in [3.63, 3.8) is 0 Å². The zero-order valence-corrected chi connectivity index (χ0v) is 10.3. The lowest BCUT2D eigenvalue weighted by Gasteiger charge is -2.37. The molecule has 1 atom stereocenters. The van der Waals surface area contributed by atoms with Gasteiger partial charge >= 0.3 is 6.18 Å². The monoisotopic (exact) mass is 259 g/mol. The molecule has 1 aromatic rings. The summed E-state index contributed by atoms with van der Waals surface area (Å²) in [5.74, 6) is 0. The van der Waals surface area contributed by atoms with Gasteiger partial charge in [-0.3, -0.25) is 0 Å². The van der Waals surface area contributed by atoms with E-state index >= 15 is 0 Å². The average molecular weight is 259 g/mol. The van der Waals surface area contributed by atoms with Gasteiger partial charge in [0.15, 0.2) is 0 Å². The van der Waals surface area contributed by atoms with Crippen molar-refractivity contribution in [1.29, 1.82) is 0 Å². The Bertz CT molecular complexity index is 442. The van der Waals surface area contributed by atoms with Crippen molar-refractivity contribution in [1.82, 2.24) is 0 Å². The third-order valence-electron chi connectivity index (χ3n) is 3.64. The average Bonchev–Trinajstić information content (AvgIpc) is 2.53. The predicted molar refractivity (Wildman–Crippen MR) is 63.5 cm³/mol. The van der Waals surface area contributed by atoms with Gasteiger partial charge in [0.2, 0.25) is 0 Å². The second kappa shape index (κ2) is 4.16. The van der Waals surface area contributed by atoms with Gasteiger partial charge in [-0.05, 0) is 32.4 Å². The lowest BCUT2D eigenvalue weighted by molar-refractivity contribution is -0.137. The molecule has 5 heteroatoms. The first kappa shape index (κ1) is 13.2. The van der Waals surface area contributed by atoms with E-state index < -0.39 is 23.4 Å². The van der Waals surface area contributed by atoms with Gasteiger partial charge in [-0.1, -0.05) is 12.1 Å². The molecule has 1 saturated heterocycles. The molecule has 0 aromatic heterocycles. The second-order valence-corrected chi connectivity index (χ2v) is 5.12. The summed E-state index contributed by atoms with van der Waals surface area (Å²) in [7, 11) is 0. The van der Waals surface area contributed by atoms with Gasteiger partial charge in [-0.2, -0.15) is 13.2 Å². The summed E-state index contributed by atoms with van der Waals surface area (Å²) in [5.41, 5.74) is -1.18. The highest BCUT2D eigenvalue weighted by Crippen LogP contribution is 2.41. The van der Waals surface area contributed by atoms with E-state index in [2.05, 4.69) is 0 Å². The number of halogens is 3. The van der Waals surface area contributed by atoms with E-state index in [1.807, 2.05) is 0 Å². The van der Waals surface area contributed by atoms with Gasteiger partial charge in [-0.25, -0.2) is 0 Å². The largest absolute Gasteiger partial charge is 0.418 e. The number of nitrogens with zero attached hydrogens (tertiary/aromatic N) is 1. The molecule has 0 saturated carbocycles. The van der Waals surface area contributed by atoms with Gasteiger partial charge in [0.05, 0.1) is 17.2 Å². The summed E-state index contributed by atoms with van der Waals surface area (Å²) in [4.78, 5) is 1.64. The maximum absolute atomic E-state index is 13.0. The molecule has 0 spiro atoms. The maximum atomic E-state index is 13.0. The zero-order valence-electron chi connectivity index (χ0n) is 10.3. The van der Waals surface area contributed by atoms with Crippen LogP contribution >= 0.6 is 0 Å². The maximum Gasteiger partial charge on any atom is 0.418 e. The van der Waals surface area contributed by atoms with Crippen molar-refractivity contribution in [3.8, 4) is 0 Å². The van der Waals surface area contributed by atoms with Crippen LogP contribution in [0.3, 0.4) is 0 Å². The normalized spacial score (nSPS) is 23.4. The van der Waals surface area contributed by atoms with Crippen LogP contribution in [0, 0.1) is 0 Å². The van der Waals surface area contributed by atoms with Crippen molar-refractivity contribution in [2.45, 2.75) is 38.1 Å². The molecule has 0 amide bonds. The Morgan fingerprint density at radius 2 is 1.89 bits per heavy atom. The molecule has 1 aromatic carbocycles. The van der Waals surface area contributed by atoms with E-state index in [0.717, 1.165) is 6.07 Å². The van der Waals surface area contributed by atoms with Crippen molar-refractivity contribution < 1.29 is 18.3 Å². The van der Waals surface area contributed by atoms with Crippen LogP contribution in [0.2, 0.25) is 0 Å². The van der Waals surface area contributed by atoms with E-state index in [4.69, 9.17) is 0 Å². The van der Waals surface area contributed by atoms with Crippen LogP contribution < -0.4 is 4.90 Å². The Morgan fingerprint density at radius 1 is 1.28 bits per heavy atom. The van der Waals surface area contributed by atoms with Crippen molar-refractivity contribution in [3.05, 3.63) is 29.8 Å². The minimum atomic E-state index is -4.37. The fourth-order valence-corrected chi connectivity index (χ4v) is 2.45. The first-order valence-electron chi connectivity index (χ1n) is 5.86. The number of aliphatic hydroxyl groups excluding tert-OH is 1. The summed E-state index contributed by atoms with van der Waals surface area (Å²) in [6.45, 7) is 3.96. The van der Waals surface area contributed by atoms with Crippen LogP contribution in [0.5, 0.6) is 0 Å². The molecule has 1 aliphatic heterocycles. The quantitative estimate of drug-likeness (QED) is 0.838. The highest BCUT2D eigenvalue weighted by atomic mass is 19.4. The Balaban J connectivity index is 2.47.